The lowest BCUT2D eigenvalue weighted by molar-refractivity contribution is -0.117. The Hall–Kier alpha value is -3.80. The molecule has 6 heteroatoms. The van der Waals surface area contributed by atoms with Crippen LogP contribution in [0.5, 0.6) is 5.75 Å². The molecule has 1 aromatic heterocycles. The van der Waals surface area contributed by atoms with Crippen LogP contribution in [0.25, 0.3) is 6.08 Å². The zero-order valence-electron chi connectivity index (χ0n) is 17.0. The molecule has 0 spiro atoms. The van der Waals surface area contributed by atoms with Gasteiger partial charge in [-0.3, -0.25) is 9.59 Å². The Kier molecular flexibility index (Phi) is 7.05. The summed E-state index contributed by atoms with van der Waals surface area (Å²) in [5.41, 5.74) is 2.41. The minimum Gasteiger partial charge on any atom is -0.494 e. The quantitative estimate of drug-likeness (QED) is 0.555. The molecule has 0 saturated carbocycles. The van der Waals surface area contributed by atoms with Gasteiger partial charge in [-0.2, -0.15) is 0 Å². The maximum absolute atomic E-state index is 12.8. The number of carbonyl (C=O) groups excluding carboxylic acids is 2. The fraction of sp³-hybridized carbons (Fsp3) is 0.167. The van der Waals surface area contributed by atoms with Crippen molar-refractivity contribution < 1.29 is 18.7 Å². The minimum absolute atomic E-state index is 0.0948. The monoisotopic (exact) mass is 404 g/mol. The minimum atomic E-state index is -0.422. The van der Waals surface area contributed by atoms with Crippen molar-refractivity contribution in [1.29, 1.82) is 0 Å². The second-order valence-electron chi connectivity index (χ2n) is 6.66. The van der Waals surface area contributed by atoms with E-state index in [2.05, 4.69) is 10.6 Å². The van der Waals surface area contributed by atoms with Gasteiger partial charge in [-0.1, -0.05) is 29.8 Å². The van der Waals surface area contributed by atoms with E-state index in [9.17, 15) is 9.59 Å². The molecular weight excluding hydrogens is 380 g/mol. The average Bonchev–Trinajstić information content (AvgIpc) is 3.25. The first-order chi connectivity index (χ1) is 14.5. The van der Waals surface area contributed by atoms with Crippen molar-refractivity contribution in [1.82, 2.24) is 10.6 Å². The second kappa shape index (κ2) is 10.1. The predicted octanol–water partition coefficient (Wildman–Crippen LogP) is 4.07. The molecule has 3 rings (SSSR count). The SMILES string of the molecule is CCOc1cccc(CNC(=O)/C(=C/c2ccco2)NC(=O)c2cccc(C)c2)c1. The summed E-state index contributed by atoms with van der Waals surface area (Å²) in [5, 5.41) is 5.52. The van der Waals surface area contributed by atoms with Crippen molar-refractivity contribution >= 4 is 17.9 Å². The van der Waals surface area contributed by atoms with Crippen LogP contribution in [0.4, 0.5) is 0 Å². The molecule has 0 aliphatic heterocycles. The zero-order chi connectivity index (χ0) is 21.3. The molecule has 0 saturated heterocycles. The van der Waals surface area contributed by atoms with E-state index in [1.807, 2.05) is 44.2 Å². The number of nitrogens with one attached hydrogen (secondary N) is 2. The number of hydrogen-bond acceptors (Lipinski definition) is 4. The number of furan rings is 1. The Morgan fingerprint density at radius 2 is 1.90 bits per heavy atom. The molecule has 0 bridgehead atoms. The second-order valence-corrected chi connectivity index (χ2v) is 6.66. The van der Waals surface area contributed by atoms with Crippen molar-refractivity contribution in [3.63, 3.8) is 0 Å². The van der Waals surface area contributed by atoms with Gasteiger partial charge in [0.05, 0.1) is 12.9 Å². The molecule has 6 nitrogen and oxygen atoms in total. The molecule has 0 fully saturated rings. The Bertz CT molecular complexity index is 1040. The van der Waals surface area contributed by atoms with Gasteiger partial charge in [0.15, 0.2) is 0 Å². The highest BCUT2D eigenvalue weighted by Gasteiger charge is 2.15. The van der Waals surface area contributed by atoms with Gasteiger partial charge in [-0.25, -0.2) is 0 Å². The molecule has 0 unspecified atom stereocenters. The van der Waals surface area contributed by atoms with Crippen LogP contribution < -0.4 is 15.4 Å². The molecule has 0 radical (unpaired) electrons. The maximum atomic E-state index is 12.8. The predicted molar refractivity (Wildman–Crippen MR) is 115 cm³/mol. The van der Waals surface area contributed by atoms with Gasteiger partial charge in [0.25, 0.3) is 11.8 Å². The summed E-state index contributed by atoms with van der Waals surface area (Å²) in [4.78, 5) is 25.5. The topological polar surface area (TPSA) is 80.6 Å². The molecule has 2 N–H and O–H groups in total. The smallest absolute Gasteiger partial charge is 0.268 e. The van der Waals surface area contributed by atoms with Gasteiger partial charge < -0.3 is 19.8 Å². The van der Waals surface area contributed by atoms with Gasteiger partial charge in [0.2, 0.25) is 0 Å². The Labute approximate surface area is 175 Å². The van der Waals surface area contributed by atoms with E-state index in [-0.39, 0.29) is 18.1 Å². The van der Waals surface area contributed by atoms with E-state index in [0.29, 0.717) is 17.9 Å². The van der Waals surface area contributed by atoms with Crippen LogP contribution in [0.3, 0.4) is 0 Å². The van der Waals surface area contributed by atoms with Gasteiger partial charge in [0, 0.05) is 18.2 Å². The first-order valence-electron chi connectivity index (χ1n) is 9.68. The van der Waals surface area contributed by atoms with Crippen LogP contribution in [-0.2, 0) is 11.3 Å². The number of ether oxygens (including phenoxy) is 1. The molecule has 0 aliphatic rings. The van der Waals surface area contributed by atoms with E-state index in [4.69, 9.17) is 9.15 Å². The number of benzene rings is 2. The van der Waals surface area contributed by atoms with Gasteiger partial charge >= 0.3 is 0 Å². The Balaban J connectivity index is 1.74. The van der Waals surface area contributed by atoms with Crippen molar-refractivity contribution in [2.24, 2.45) is 0 Å². The van der Waals surface area contributed by atoms with Crippen LogP contribution in [0.2, 0.25) is 0 Å². The first kappa shape index (κ1) is 20.9. The molecule has 0 aliphatic carbocycles. The van der Waals surface area contributed by atoms with Crippen LogP contribution >= 0.6 is 0 Å². The third-order valence-corrected chi connectivity index (χ3v) is 4.27. The molecule has 2 amide bonds. The highest BCUT2D eigenvalue weighted by molar-refractivity contribution is 6.05. The highest BCUT2D eigenvalue weighted by atomic mass is 16.5. The van der Waals surface area contributed by atoms with E-state index < -0.39 is 5.91 Å². The van der Waals surface area contributed by atoms with E-state index >= 15 is 0 Å². The van der Waals surface area contributed by atoms with Crippen molar-refractivity contribution in [3.05, 3.63) is 95.1 Å². The van der Waals surface area contributed by atoms with Gasteiger partial charge in [-0.05, 0) is 55.8 Å². The molecular formula is C24H24N2O4. The van der Waals surface area contributed by atoms with Crippen LogP contribution in [0, 0.1) is 6.92 Å². The van der Waals surface area contributed by atoms with Crippen molar-refractivity contribution in [2.75, 3.05) is 6.61 Å². The van der Waals surface area contributed by atoms with Crippen LogP contribution in [0.1, 0.15) is 34.2 Å². The number of aryl methyl sites for hydroxylation is 1. The maximum Gasteiger partial charge on any atom is 0.268 e. The summed E-state index contributed by atoms with van der Waals surface area (Å²) >= 11 is 0. The summed E-state index contributed by atoms with van der Waals surface area (Å²) in [6, 6.07) is 18.1. The lowest BCUT2D eigenvalue weighted by Gasteiger charge is -2.12. The normalized spacial score (nSPS) is 11.1. The van der Waals surface area contributed by atoms with E-state index in [0.717, 1.165) is 16.9 Å². The highest BCUT2D eigenvalue weighted by Crippen LogP contribution is 2.14. The van der Waals surface area contributed by atoms with Gasteiger partial charge in [0.1, 0.15) is 17.2 Å². The molecule has 3 aromatic rings. The summed E-state index contributed by atoms with van der Waals surface area (Å²) in [7, 11) is 0. The number of amides is 2. The number of hydrogen-bond donors (Lipinski definition) is 2. The third kappa shape index (κ3) is 5.85. The summed E-state index contributed by atoms with van der Waals surface area (Å²) in [6.45, 7) is 4.67. The molecule has 30 heavy (non-hydrogen) atoms. The molecule has 1 heterocycles. The van der Waals surface area contributed by atoms with Crippen molar-refractivity contribution in [3.8, 4) is 5.75 Å². The van der Waals surface area contributed by atoms with E-state index in [1.165, 1.54) is 12.3 Å². The number of carbonyl (C=O) groups is 2. The lowest BCUT2D eigenvalue weighted by Crippen LogP contribution is -2.34. The molecule has 0 atom stereocenters. The largest absolute Gasteiger partial charge is 0.494 e. The lowest BCUT2D eigenvalue weighted by atomic mass is 10.1. The molecule has 2 aromatic carbocycles. The van der Waals surface area contributed by atoms with Gasteiger partial charge in [-0.15, -0.1) is 0 Å². The fourth-order valence-electron chi connectivity index (χ4n) is 2.84. The fourth-order valence-corrected chi connectivity index (χ4v) is 2.84. The Morgan fingerprint density at radius 1 is 1.07 bits per heavy atom. The summed E-state index contributed by atoms with van der Waals surface area (Å²) < 4.78 is 10.8. The first-order valence-corrected chi connectivity index (χ1v) is 9.68. The summed E-state index contributed by atoms with van der Waals surface area (Å²) in [5.74, 6) is 0.408. The molecule has 154 valence electrons. The average molecular weight is 404 g/mol. The van der Waals surface area contributed by atoms with Crippen LogP contribution in [0.15, 0.2) is 77.0 Å². The zero-order valence-corrected chi connectivity index (χ0v) is 17.0. The Morgan fingerprint density at radius 3 is 2.63 bits per heavy atom. The summed E-state index contributed by atoms with van der Waals surface area (Å²) in [6.07, 6.45) is 3.00. The number of rotatable bonds is 8. The van der Waals surface area contributed by atoms with Crippen molar-refractivity contribution in [2.45, 2.75) is 20.4 Å². The van der Waals surface area contributed by atoms with Crippen LogP contribution in [-0.4, -0.2) is 18.4 Å². The standard InChI is InChI=1S/C24H24N2O4/c1-3-29-20-10-5-8-18(14-20)16-25-24(28)22(15-21-11-6-12-30-21)26-23(27)19-9-4-7-17(2)13-19/h4-15H,3,16H2,1-2H3,(H,25,28)(H,26,27)/b22-15-. The van der Waals surface area contributed by atoms with E-state index in [1.54, 1.807) is 30.3 Å². The third-order valence-electron chi connectivity index (χ3n) is 4.27.